The summed E-state index contributed by atoms with van der Waals surface area (Å²) in [5.41, 5.74) is 4.56. The van der Waals surface area contributed by atoms with Crippen molar-refractivity contribution in [2.45, 2.75) is 32.6 Å². The molecule has 1 saturated heterocycles. The summed E-state index contributed by atoms with van der Waals surface area (Å²) in [6, 6.07) is 21.2. The molecule has 150 valence electrons. The van der Waals surface area contributed by atoms with E-state index in [0.717, 1.165) is 49.1 Å². The van der Waals surface area contributed by atoms with E-state index in [4.69, 9.17) is 9.72 Å². The third kappa shape index (κ3) is 4.76. The van der Waals surface area contributed by atoms with Crippen molar-refractivity contribution in [1.82, 2.24) is 9.88 Å². The third-order valence-electron chi connectivity index (χ3n) is 5.83. The van der Waals surface area contributed by atoms with Crippen LogP contribution in [0.25, 0.3) is 22.2 Å². The molecule has 29 heavy (non-hydrogen) atoms. The van der Waals surface area contributed by atoms with E-state index in [1.165, 1.54) is 17.4 Å². The largest absolute Gasteiger partial charge is 0.450 e. The molecular formula is C25H28N2O2. The minimum atomic E-state index is -0.163. The van der Waals surface area contributed by atoms with E-state index in [1.54, 1.807) is 0 Å². The Morgan fingerprint density at radius 2 is 1.79 bits per heavy atom. The molecule has 2 aromatic carbocycles. The Morgan fingerprint density at radius 1 is 1.03 bits per heavy atom. The van der Waals surface area contributed by atoms with E-state index < -0.39 is 0 Å². The molecule has 1 fully saturated rings. The summed E-state index contributed by atoms with van der Waals surface area (Å²) >= 11 is 0. The zero-order valence-corrected chi connectivity index (χ0v) is 17.0. The first-order valence-electron chi connectivity index (χ1n) is 10.6. The van der Waals surface area contributed by atoms with Gasteiger partial charge >= 0.3 is 6.09 Å². The highest BCUT2D eigenvalue weighted by atomic mass is 16.6. The topological polar surface area (TPSA) is 42.4 Å². The van der Waals surface area contributed by atoms with Crippen molar-refractivity contribution >= 4 is 17.0 Å². The number of likely N-dealkylation sites (tertiary alicyclic amines) is 1. The molecule has 4 heteroatoms. The highest BCUT2D eigenvalue weighted by Gasteiger charge is 2.23. The normalized spacial score (nSPS) is 14.9. The highest BCUT2D eigenvalue weighted by Crippen LogP contribution is 2.25. The molecule has 1 aromatic heterocycles. The predicted octanol–water partition coefficient (Wildman–Crippen LogP) is 5.70. The van der Waals surface area contributed by atoms with Gasteiger partial charge in [0.2, 0.25) is 0 Å². The molecular weight excluding hydrogens is 360 g/mol. The van der Waals surface area contributed by atoms with Crippen molar-refractivity contribution in [1.29, 1.82) is 0 Å². The summed E-state index contributed by atoms with van der Waals surface area (Å²) in [6.07, 6.45) is 4.22. The molecule has 3 aromatic rings. The Balaban J connectivity index is 1.31. The number of pyridine rings is 1. The lowest BCUT2D eigenvalue weighted by Crippen LogP contribution is -2.38. The van der Waals surface area contributed by atoms with E-state index >= 15 is 0 Å². The second-order valence-electron chi connectivity index (χ2n) is 7.75. The first kappa shape index (κ1) is 19.4. The fourth-order valence-electron chi connectivity index (χ4n) is 4.06. The maximum absolute atomic E-state index is 11.8. The van der Waals surface area contributed by atoms with Gasteiger partial charge in [0, 0.05) is 24.0 Å². The van der Waals surface area contributed by atoms with Crippen LogP contribution < -0.4 is 0 Å². The lowest BCUT2D eigenvalue weighted by Gasteiger charge is -2.31. The number of nitrogens with zero attached hydrogens (tertiary/aromatic N) is 2. The molecule has 0 spiro atoms. The summed E-state index contributed by atoms with van der Waals surface area (Å²) in [4.78, 5) is 18.4. The zero-order chi connectivity index (χ0) is 20.1. The molecule has 0 radical (unpaired) electrons. The fourth-order valence-corrected chi connectivity index (χ4v) is 4.06. The Bertz CT molecular complexity index is 960. The van der Waals surface area contributed by atoms with Gasteiger partial charge in [-0.1, -0.05) is 48.5 Å². The quantitative estimate of drug-likeness (QED) is 0.563. The number of para-hydroxylation sites is 1. The van der Waals surface area contributed by atoms with Gasteiger partial charge in [0.25, 0.3) is 0 Å². The number of benzene rings is 2. The molecule has 0 unspecified atom stereocenters. The first-order chi connectivity index (χ1) is 14.2. The average Bonchev–Trinajstić information content (AvgIpc) is 2.78. The van der Waals surface area contributed by atoms with Gasteiger partial charge in [-0.15, -0.1) is 0 Å². The fraction of sp³-hybridized carbons (Fsp3) is 0.360. The smallest absolute Gasteiger partial charge is 0.409 e. The van der Waals surface area contributed by atoms with Crippen LogP contribution in [0.15, 0.2) is 60.7 Å². The molecule has 0 atom stereocenters. The summed E-state index contributed by atoms with van der Waals surface area (Å²) < 4.78 is 5.10. The Kier molecular flexibility index (Phi) is 6.09. The van der Waals surface area contributed by atoms with Gasteiger partial charge in [-0.3, -0.25) is 0 Å². The number of rotatable bonds is 5. The molecule has 1 amide bonds. The second-order valence-corrected chi connectivity index (χ2v) is 7.75. The van der Waals surface area contributed by atoms with Crippen LogP contribution in [-0.2, 0) is 11.2 Å². The monoisotopic (exact) mass is 388 g/mol. The van der Waals surface area contributed by atoms with E-state index in [1.807, 2.05) is 24.0 Å². The van der Waals surface area contributed by atoms with E-state index in [2.05, 4.69) is 48.5 Å². The number of hydrogen-bond acceptors (Lipinski definition) is 3. The summed E-state index contributed by atoms with van der Waals surface area (Å²) in [6.45, 7) is 3.93. The van der Waals surface area contributed by atoms with Crippen molar-refractivity contribution in [3.63, 3.8) is 0 Å². The third-order valence-corrected chi connectivity index (χ3v) is 5.83. The lowest BCUT2D eigenvalue weighted by molar-refractivity contribution is 0.0910. The van der Waals surface area contributed by atoms with Crippen LogP contribution in [0, 0.1) is 5.92 Å². The van der Waals surface area contributed by atoms with Crippen LogP contribution in [0.4, 0.5) is 4.79 Å². The van der Waals surface area contributed by atoms with Crippen molar-refractivity contribution < 1.29 is 9.53 Å². The molecule has 4 rings (SSSR count). The SMILES string of the molecule is CCOC(=O)N1CCC(CCc2ccc(-c3ccc4ccccc4n3)cc2)CC1. The average molecular weight is 389 g/mol. The van der Waals surface area contributed by atoms with Crippen LogP contribution in [0.1, 0.15) is 31.7 Å². The van der Waals surface area contributed by atoms with E-state index in [9.17, 15) is 4.79 Å². The van der Waals surface area contributed by atoms with Crippen LogP contribution in [0.2, 0.25) is 0 Å². The number of piperidine rings is 1. The van der Waals surface area contributed by atoms with Crippen LogP contribution >= 0.6 is 0 Å². The molecule has 0 aliphatic carbocycles. The van der Waals surface area contributed by atoms with Crippen molar-refractivity contribution in [3.8, 4) is 11.3 Å². The van der Waals surface area contributed by atoms with Crippen LogP contribution in [0.5, 0.6) is 0 Å². The van der Waals surface area contributed by atoms with Crippen molar-refractivity contribution in [2.75, 3.05) is 19.7 Å². The van der Waals surface area contributed by atoms with E-state index in [0.29, 0.717) is 12.5 Å². The number of carbonyl (C=O) groups excluding carboxylic acids is 1. The van der Waals surface area contributed by atoms with Gasteiger partial charge in [-0.25, -0.2) is 9.78 Å². The van der Waals surface area contributed by atoms with Gasteiger partial charge in [0.1, 0.15) is 0 Å². The standard InChI is InChI=1S/C25H28N2O2/c1-2-29-25(28)27-17-15-20(16-18-27)8-7-19-9-11-22(12-10-19)24-14-13-21-5-3-4-6-23(21)26-24/h3-6,9-14,20H,2,7-8,15-18H2,1H3. The molecule has 2 heterocycles. The number of ether oxygens (including phenoxy) is 1. The predicted molar refractivity (Wildman–Crippen MR) is 117 cm³/mol. The number of aromatic nitrogens is 1. The molecule has 1 aliphatic rings. The molecule has 4 nitrogen and oxygen atoms in total. The summed E-state index contributed by atoms with van der Waals surface area (Å²) in [7, 11) is 0. The van der Waals surface area contributed by atoms with E-state index in [-0.39, 0.29) is 6.09 Å². The molecule has 0 bridgehead atoms. The first-order valence-corrected chi connectivity index (χ1v) is 10.6. The van der Waals surface area contributed by atoms with Gasteiger partial charge in [0.15, 0.2) is 0 Å². The Hall–Kier alpha value is -2.88. The van der Waals surface area contributed by atoms with Gasteiger partial charge < -0.3 is 9.64 Å². The Morgan fingerprint density at radius 3 is 2.55 bits per heavy atom. The van der Waals surface area contributed by atoms with Gasteiger partial charge in [-0.05, 0) is 56.2 Å². The number of aryl methyl sites for hydroxylation is 1. The van der Waals surface area contributed by atoms with Crippen molar-refractivity contribution in [2.24, 2.45) is 5.92 Å². The maximum atomic E-state index is 11.8. The number of carbonyl (C=O) groups is 1. The van der Waals surface area contributed by atoms with Crippen molar-refractivity contribution in [3.05, 3.63) is 66.2 Å². The number of hydrogen-bond donors (Lipinski definition) is 0. The molecule has 0 saturated carbocycles. The minimum Gasteiger partial charge on any atom is -0.450 e. The second kappa shape index (κ2) is 9.08. The molecule has 0 N–H and O–H groups in total. The highest BCUT2D eigenvalue weighted by molar-refractivity contribution is 5.81. The Labute approximate surface area is 172 Å². The van der Waals surface area contributed by atoms with Crippen LogP contribution in [0.3, 0.4) is 0 Å². The maximum Gasteiger partial charge on any atom is 0.409 e. The summed E-state index contributed by atoms with van der Waals surface area (Å²) in [5.74, 6) is 0.683. The van der Waals surface area contributed by atoms with Gasteiger partial charge in [0.05, 0.1) is 17.8 Å². The van der Waals surface area contributed by atoms with Crippen LogP contribution in [-0.4, -0.2) is 35.7 Å². The molecule has 1 aliphatic heterocycles. The van der Waals surface area contributed by atoms with Gasteiger partial charge in [-0.2, -0.15) is 0 Å². The summed E-state index contributed by atoms with van der Waals surface area (Å²) in [5, 5.41) is 1.17. The zero-order valence-electron chi connectivity index (χ0n) is 17.0. The number of amides is 1. The number of fused-ring (bicyclic) bond motifs is 1. The minimum absolute atomic E-state index is 0.163. The lowest BCUT2D eigenvalue weighted by atomic mass is 9.90.